The maximum Gasteiger partial charge on any atom is 0.229 e. The Morgan fingerprint density at radius 3 is 2.78 bits per heavy atom. The van der Waals surface area contributed by atoms with Crippen LogP contribution in [0.3, 0.4) is 0 Å². The van der Waals surface area contributed by atoms with E-state index in [1.807, 2.05) is 30.3 Å². The number of amides is 1. The summed E-state index contributed by atoms with van der Waals surface area (Å²) in [6.07, 6.45) is 6.98. The Balaban J connectivity index is 1.57. The molecule has 5 nitrogen and oxygen atoms in total. The number of nitrogens with one attached hydrogen (secondary N) is 1. The number of terminal acetylenes is 1. The van der Waals surface area contributed by atoms with E-state index < -0.39 is 0 Å². The molecule has 1 amide bonds. The predicted molar refractivity (Wildman–Crippen MR) is 92.0 cm³/mol. The average Bonchev–Trinajstić information content (AvgIpc) is 3.05. The number of aromatic nitrogens is 2. The summed E-state index contributed by atoms with van der Waals surface area (Å²) < 4.78 is 4.31. The van der Waals surface area contributed by atoms with Crippen LogP contribution in [-0.2, 0) is 4.79 Å². The molecule has 0 unspecified atom stereocenters. The Morgan fingerprint density at radius 1 is 1.35 bits per heavy atom. The Kier molecular flexibility index (Phi) is 5.01. The fraction of sp³-hybridized carbons (Fsp3) is 0.353. The maximum atomic E-state index is 12.3. The van der Waals surface area contributed by atoms with E-state index in [1.165, 1.54) is 11.5 Å². The lowest BCUT2D eigenvalue weighted by atomic mass is 9.96. The van der Waals surface area contributed by atoms with Crippen LogP contribution >= 0.6 is 11.5 Å². The molecule has 0 saturated carbocycles. The van der Waals surface area contributed by atoms with Gasteiger partial charge in [-0.25, -0.2) is 0 Å². The van der Waals surface area contributed by atoms with E-state index >= 15 is 0 Å². The van der Waals surface area contributed by atoms with Crippen molar-refractivity contribution in [3.8, 4) is 23.7 Å². The van der Waals surface area contributed by atoms with Crippen molar-refractivity contribution in [3.63, 3.8) is 0 Å². The number of piperidine rings is 1. The SMILES string of the molecule is C#CCN1CCC(C(=O)Nc2nc(-c3ccccc3)ns2)CC1. The number of likely N-dealkylation sites (tertiary alicyclic amines) is 1. The molecular formula is C17H18N4OS. The smallest absolute Gasteiger partial charge is 0.229 e. The van der Waals surface area contributed by atoms with E-state index in [2.05, 4.69) is 25.5 Å². The van der Waals surface area contributed by atoms with Crippen molar-refractivity contribution in [2.75, 3.05) is 25.0 Å². The zero-order valence-electron chi connectivity index (χ0n) is 12.7. The van der Waals surface area contributed by atoms with Gasteiger partial charge in [0.25, 0.3) is 0 Å². The number of carbonyl (C=O) groups is 1. The first-order valence-electron chi connectivity index (χ1n) is 7.62. The molecular weight excluding hydrogens is 308 g/mol. The first kappa shape index (κ1) is 15.7. The highest BCUT2D eigenvalue weighted by Crippen LogP contribution is 2.23. The van der Waals surface area contributed by atoms with Gasteiger partial charge >= 0.3 is 0 Å². The molecule has 0 atom stereocenters. The molecule has 1 saturated heterocycles. The second-order valence-electron chi connectivity index (χ2n) is 5.53. The van der Waals surface area contributed by atoms with Gasteiger partial charge in [-0.05, 0) is 25.9 Å². The third-order valence-electron chi connectivity index (χ3n) is 3.96. The molecule has 0 aliphatic carbocycles. The van der Waals surface area contributed by atoms with Crippen LogP contribution in [0.4, 0.5) is 5.13 Å². The molecule has 1 aliphatic rings. The van der Waals surface area contributed by atoms with Gasteiger partial charge in [-0.2, -0.15) is 9.36 Å². The Bertz CT molecular complexity index is 699. The highest BCUT2D eigenvalue weighted by molar-refractivity contribution is 7.10. The van der Waals surface area contributed by atoms with Gasteiger partial charge in [0.05, 0.1) is 6.54 Å². The Morgan fingerprint density at radius 2 is 2.09 bits per heavy atom. The molecule has 2 heterocycles. The van der Waals surface area contributed by atoms with Gasteiger partial charge in [0.1, 0.15) is 0 Å². The van der Waals surface area contributed by atoms with Gasteiger partial charge in [-0.1, -0.05) is 36.3 Å². The minimum atomic E-state index is 0.0214. The quantitative estimate of drug-likeness (QED) is 0.877. The number of anilines is 1. The molecule has 0 radical (unpaired) electrons. The van der Waals surface area contributed by atoms with Crippen LogP contribution in [0, 0.1) is 18.3 Å². The summed E-state index contributed by atoms with van der Waals surface area (Å²) in [7, 11) is 0. The molecule has 0 bridgehead atoms. The van der Waals surface area contributed by atoms with Gasteiger partial charge in [-0.3, -0.25) is 9.69 Å². The summed E-state index contributed by atoms with van der Waals surface area (Å²) in [5.41, 5.74) is 0.951. The van der Waals surface area contributed by atoms with Crippen molar-refractivity contribution in [1.29, 1.82) is 0 Å². The van der Waals surface area contributed by atoms with Crippen molar-refractivity contribution in [2.45, 2.75) is 12.8 Å². The number of rotatable bonds is 4. The average molecular weight is 326 g/mol. The zero-order chi connectivity index (χ0) is 16.1. The lowest BCUT2D eigenvalue weighted by molar-refractivity contribution is -0.121. The minimum Gasteiger partial charge on any atom is -0.300 e. The largest absolute Gasteiger partial charge is 0.300 e. The van der Waals surface area contributed by atoms with Gasteiger partial charge in [0.2, 0.25) is 11.0 Å². The number of nitrogens with zero attached hydrogens (tertiary/aromatic N) is 3. The van der Waals surface area contributed by atoms with Crippen molar-refractivity contribution in [2.24, 2.45) is 5.92 Å². The number of hydrogen-bond donors (Lipinski definition) is 1. The van der Waals surface area contributed by atoms with E-state index in [0.29, 0.717) is 17.5 Å². The van der Waals surface area contributed by atoms with Crippen LogP contribution in [0.25, 0.3) is 11.4 Å². The van der Waals surface area contributed by atoms with Crippen molar-refractivity contribution in [3.05, 3.63) is 30.3 Å². The van der Waals surface area contributed by atoms with E-state index in [9.17, 15) is 4.79 Å². The molecule has 118 valence electrons. The summed E-state index contributed by atoms with van der Waals surface area (Å²) in [5, 5.41) is 3.45. The second-order valence-corrected chi connectivity index (χ2v) is 6.28. The van der Waals surface area contributed by atoms with E-state index in [1.54, 1.807) is 0 Å². The Labute approximate surface area is 139 Å². The zero-order valence-corrected chi connectivity index (χ0v) is 13.6. The van der Waals surface area contributed by atoms with E-state index in [4.69, 9.17) is 6.42 Å². The molecule has 1 aliphatic heterocycles. The van der Waals surface area contributed by atoms with Crippen LogP contribution in [0.1, 0.15) is 12.8 Å². The van der Waals surface area contributed by atoms with Crippen LogP contribution in [-0.4, -0.2) is 39.8 Å². The summed E-state index contributed by atoms with van der Waals surface area (Å²) in [6.45, 7) is 2.40. The standard InChI is InChI=1S/C17H18N4OS/c1-2-10-21-11-8-14(9-12-21)16(22)19-17-18-15(20-23-17)13-6-4-3-5-7-13/h1,3-7,14H,8-12H2,(H,18,19,20,22). The summed E-state index contributed by atoms with van der Waals surface area (Å²) >= 11 is 1.22. The molecule has 2 aromatic rings. The summed E-state index contributed by atoms with van der Waals surface area (Å²) in [4.78, 5) is 18.9. The third kappa shape index (κ3) is 3.95. The molecule has 23 heavy (non-hydrogen) atoms. The first-order chi connectivity index (χ1) is 11.3. The van der Waals surface area contributed by atoms with Crippen LogP contribution in [0.15, 0.2) is 30.3 Å². The number of hydrogen-bond acceptors (Lipinski definition) is 5. The molecule has 1 aromatic carbocycles. The van der Waals surface area contributed by atoms with Gasteiger partial charge in [0.15, 0.2) is 5.82 Å². The van der Waals surface area contributed by atoms with Gasteiger partial charge in [-0.15, -0.1) is 6.42 Å². The molecule has 1 aromatic heterocycles. The lowest BCUT2D eigenvalue weighted by Gasteiger charge is -2.29. The maximum absolute atomic E-state index is 12.3. The predicted octanol–water partition coefficient (Wildman–Crippen LogP) is 2.49. The van der Waals surface area contributed by atoms with Gasteiger partial charge < -0.3 is 5.32 Å². The number of benzene rings is 1. The summed E-state index contributed by atoms with van der Waals surface area (Å²) in [6, 6.07) is 9.74. The molecule has 6 heteroatoms. The first-order valence-corrected chi connectivity index (χ1v) is 8.39. The Hall–Kier alpha value is -2.23. The number of carbonyl (C=O) groups excluding carboxylic acids is 1. The van der Waals surface area contributed by atoms with Crippen molar-refractivity contribution < 1.29 is 4.79 Å². The van der Waals surface area contributed by atoms with Crippen LogP contribution in [0.2, 0.25) is 0 Å². The molecule has 1 N–H and O–H groups in total. The van der Waals surface area contributed by atoms with E-state index in [-0.39, 0.29) is 11.8 Å². The van der Waals surface area contributed by atoms with Crippen molar-refractivity contribution >= 4 is 22.6 Å². The topological polar surface area (TPSA) is 58.1 Å². The highest BCUT2D eigenvalue weighted by Gasteiger charge is 2.25. The monoisotopic (exact) mass is 326 g/mol. The molecule has 0 spiro atoms. The fourth-order valence-corrected chi connectivity index (χ4v) is 3.26. The van der Waals surface area contributed by atoms with Crippen LogP contribution in [0.5, 0.6) is 0 Å². The highest BCUT2D eigenvalue weighted by atomic mass is 32.1. The van der Waals surface area contributed by atoms with Crippen molar-refractivity contribution in [1.82, 2.24) is 14.3 Å². The minimum absolute atomic E-state index is 0.0214. The second kappa shape index (κ2) is 7.36. The lowest BCUT2D eigenvalue weighted by Crippen LogP contribution is -2.38. The van der Waals surface area contributed by atoms with Crippen LogP contribution < -0.4 is 5.32 Å². The fourth-order valence-electron chi connectivity index (χ4n) is 2.67. The molecule has 3 rings (SSSR count). The normalized spacial score (nSPS) is 16.0. The van der Waals surface area contributed by atoms with Gasteiger partial charge in [0, 0.05) is 23.0 Å². The van der Waals surface area contributed by atoms with E-state index in [0.717, 1.165) is 31.5 Å². The molecule has 1 fully saturated rings. The third-order valence-corrected chi connectivity index (χ3v) is 4.59. The summed E-state index contributed by atoms with van der Waals surface area (Å²) in [5.74, 6) is 3.35.